The van der Waals surface area contributed by atoms with Crippen LogP contribution in [0.2, 0.25) is 0 Å². The van der Waals surface area contributed by atoms with Gasteiger partial charge in [0.1, 0.15) is 0 Å². The van der Waals surface area contributed by atoms with E-state index < -0.39 is 0 Å². The van der Waals surface area contributed by atoms with Gasteiger partial charge in [0.25, 0.3) is 5.56 Å². The zero-order valence-corrected chi connectivity index (χ0v) is 5.59. The summed E-state index contributed by atoms with van der Waals surface area (Å²) in [4.78, 5) is 11.0. The Labute approximate surface area is 61.4 Å². The predicted octanol–water partition coefficient (Wildman–Crippen LogP) is 0.0931. The van der Waals surface area contributed by atoms with Crippen molar-refractivity contribution in [1.29, 1.82) is 0 Å². The fourth-order valence-electron chi connectivity index (χ4n) is 0.919. The van der Waals surface area contributed by atoms with Gasteiger partial charge in [0.2, 0.25) is 0 Å². The lowest BCUT2D eigenvalue weighted by molar-refractivity contribution is 1.06. The van der Waals surface area contributed by atoms with Gasteiger partial charge in [-0.25, -0.2) is 0 Å². The first-order valence-electron chi connectivity index (χ1n) is 3.13. The highest BCUT2D eigenvalue weighted by Crippen LogP contribution is 2.09. The fraction of sp³-hybridized carbons (Fsp3) is 0. The minimum absolute atomic E-state index is 0.133. The molecule has 0 spiro atoms. The highest BCUT2D eigenvalue weighted by molar-refractivity contribution is 5.58. The minimum atomic E-state index is -0.133. The normalized spacial score (nSPS) is 10.2. The first-order valence-corrected chi connectivity index (χ1v) is 3.13. The van der Waals surface area contributed by atoms with E-state index in [1.807, 2.05) is 0 Å². The van der Waals surface area contributed by atoms with Crippen LogP contribution in [-0.4, -0.2) is 20.4 Å². The summed E-state index contributed by atoms with van der Waals surface area (Å²) in [5.41, 5.74) is 1.25. The van der Waals surface area contributed by atoms with Gasteiger partial charge < -0.3 is 5.10 Å². The van der Waals surface area contributed by atoms with Crippen molar-refractivity contribution in [1.82, 2.24) is 20.4 Å². The fourth-order valence-corrected chi connectivity index (χ4v) is 0.919. The molecule has 11 heavy (non-hydrogen) atoms. The molecule has 2 rings (SSSR count). The van der Waals surface area contributed by atoms with Crippen LogP contribution in [0, 0.1) is 0 Å². The van der Waals surface area contributed by atoms with Crippen LogP contribution >= 0.6 is 0 Å². The van der Waals surface area contributed by atoms with Crippen molar-refractivity contribution in [2.45, 2.75) is 0 Å². The standard InChI is InChI=1S/C6H6N4O/c11-6-5(3-9-10-6)4-1-7-8-2-4/h1-3H,(H,7,8)(H2,9,10,11). The highest BCUT2D eigenvalue weighted by atomic mass is 16.1. The van der Waals surface area contributed by atoms with Gasteiger partial charge in [-0.15, -0.1) is 0 Å². The molecule has 3 N–H and O–H groups in total. The smallest absolute Gasteiger partial charge is 0.271 e. The molecule has 2 aromatic rings. The molecule has 5 nitrogen and oxygen atoms in total. The number of hydrogen-bond donors (Lipinski definition) is 3. The summed E-state index contributed by atoms with van der Waals surface area (Å²) in [5.74, 6) is 0. The van der Waals surface area contributed by atoms with E-state index in [9.17, 15) is 4.79 Å². The summed E-state index contributed by atoms with van der Waals surface area (Å²) >= 11 is 0. The molecule has 0 aliphatic rings. The molecule has 0 aliphatic carbocycles. The van der Waals surface area contributed by atoms with Crippen LogP contribution in [0.25, 0.3) is 11.1 Å². The van der Waals surface area contributed by atoms with Crippen molar-refractivity contribution < 1.29 is 0 Å². The Morgan fingerprint density at radius 1 is 1.36 bits per heavy atom. The summed E-state index contributed by atoms with van der Waals surface area (Å²) in [7, 11) is 0. The Morgan fingerprint density at radius 2 is 2.27 bits per heavy atom. The Bertz CT molecular complexity index is 383. The van der Waals surface area contributed by atoms with E-state index in [1.165, 1.54) is 0 Å². The summed E-state index contributed by atoms with van der Waals surface area (Å²) in [6.07, 6.45) is 4.87. The minimum Gasteiger partial charge on any atom is -0.305 e. The lowest BCUT2D eigenvalue weighted by Gasteiger charge is -1.81. The number of nitrogens with zero attached hydrogens (tertiary/aromatic N) is 1. The van der Waals surface area contributed by atoms with Gasteiger partial charge >= 0.3 is 0 Å². The second-order valence-electron chi connectivity index (χ2n) is 2.14. The number of aromatic amines is 3. The van der Waals surface area contributed by atoms with Crippen LogP contribution in [0.3, 0.4) is 0 Å². The van der Waals surface area contributed by atoms with Gasteiger partial charge in [-0.1, -0.05) is 0 Å². The Morgan fingerprint density at radius 3 is 2.82 bits per heavy atom. The maximum Gasteiger partial charge on any atom is 0.271 e. The van der Waals surface area contributed by atoms with E-state index >= 15 is 0 Å². The molecular formula is C6H6N4O. The first kappa shape index (κ1) is 5.96. The molecule has 0 saturated heterocycles. The third kappa shape index (κ3) is 0.861. The number of H-pyrrole nitrogens is 3. The highest BCUT2D eigenvalue weighted by Gasteiger charge is 2.02. The topological polar surface area (TPSA) is 77.3 Å². The van der Waals surface area contributed by atoms with Crippen molar-refractivity contribution in [2.75, 3.05) is 0 Å². The van der Waals surface area contributed by atoms with Crippen molar-refractivity contribution in [3.63, 3.8) is 0 Å². The van der Waals surface area contributed by atoms with Crippen LogP contribution in [0.4, 0.5) is 0 Å². The quantitative estimate of drug-likeness (QED) is 0.538. The van der Waals surface area contributed by atoms with Gasteiger partial charge in [0.05, 0.1) is 11.8 Å². The molecule has 0 saturated carbocycles. The summed E-state index contributed by atoms with van der Waals surface area (Å²) < 4.78 is 0. The lowest BCUT2D eigenvalue weighted by atomic mass is 10.2. The van der Waals surface area contributed by atoms with Crippen LogP contribution < -0.4 is 5.56 Å². The molecule has 2 heterocycles. The lowest BCUT2D eigenvalue weighted by Crippen LogP contribution is -2.00. The summed E-state index contributed by atoms with van der Waals surface area (Å²) in [6.45, 7) is 0. The van der Waals surface area contributed by atoms with Crippen molar-refractivity contribution in [2.24, 2.45) is 0 Å². The predicted molar refractivity (Wildman–Crippen MR) is 39.0 cm³/mol. The van der Waals surface area contributed by atoms with Gasteiger partial charge in [-0.05, 0) is 0 Å². The number of hydrogen-bond acceptors (Lipinski definition) is 2. The Hall–Kier alpha value is -1.78. The number of rotatable bonds is 1. The molecular weight excluding hydrogens is 144 g/mol. The first-order chi connectivity index (χ1) is 5.38. The van der Waals surface area contributed by atoms with Gasteiger partial charge in [-0.3, -0.25) is 15.0 Å². The van der Waals surface area contributed by atoms with E-state index in [0.717, 1.165) is 5.56 Å². The average Bonchev–Trinajstić information content (AvgIpc) is 2.55. The van der Waals surface area contributed by atoms with Gasteiger partial charge in [-0.2, -0.15) is 5.10 Å². The molecule has 56 valence electrons. The van der Waals surface area contributed by atoms with Gasteiger partial charge in [0.15, 0.2) is 0 Å². The van der Waals surface area contributed by atoms with E-state index in [4.69, 9.17) is 0 Å². The monoisotopic (exact) mass is 150 g/mol. The second-order valence-corrected chi connectivity index (χ2v) is 2.14. The summed E-state index contributed by atoms with van der Waals surface area (Å²) in [6, 6.07) is 0. The zero-order chi connectivity index (χ0) is 7.68. The maximum atomic E-state index is 11.0. The van der Waals surface area contributed by atoms with Crippen molar-refractivity contribution >= 4 is 0 Å². The molecule has 0 unspecified atom stereocenters. The Balaban J connectivity index is 2.62. The van der Waals surface area contributed by atoms with Crippen LogP contribution in [-0.2, 0) is 0 Å². The summed E-state index contributed by atoms with van der Waals surface area (Å²) in [5, 5.41) is 11.4. The molecule has 0 radical (unpaired) electrons. The molecule has 2 aromatic heterocycles. The maximum absolute atomic E-state index is 11.0. The molecule has 0 aliphatic heterocycles. The van der Waals surface area contributed by atoms with E-state index in [-0.39, 0.29) is 5.56 Å². The SMILES string of the molecule is O=c1[nH][nH]cc1-c1cn[nH]c1. The van der Waals surface area contributed by atoms with E-state index in [0.29, 0.717) is 5.56 Å². The van der Waals surface area contributed by atoms with Gasteiger partial charge in [0, 0.05) is 18.0 Å². The Kier molecular flexibility index (Phi) is 1.15. The molecule has 0 atom stereocenters. The third-order valence-electron chi connectivity index (χ3n) is 1.46. The van der Waals surface area contributed by atoms with E-state index in [2.05, 4.69) is 20.4 Å². The van der Waals surface area contributed by atoms with Crippen LogP contribution in [0.1, 0.15) is 0 Å². The average molecular weight is 150 g/mol. The second kappa shape index (κ2) is 2.12. The third-order valence-corrected chi connectivity index (χ3v) is 1.46. The van der Waals surface area contributed by atoms with E-state index in [1.54, 1.807) is 18.6 Å². The van der Waals surface area contributed by atoms with Crippen LogP contribution in [0.15, 0.2) is 23.4 Å². The molecule has 0 fully saturated rings. The zero-order valence-electron chi connectivity index (χ0n) is 5.59. The molecule has 0 bridgehead atoms. The van der Waals surface area contributed by atoms with Crippen molar-refractivity contribution in [3.05, 3.63) is 28.9 Å². The number of aromatic nitrogens is 4. The molecule has 0 amide bonds. The largest absolute Gasteiger partial charge is 0.305 e. The molecule has 0 aromatic carbocycles. The number of nitrogens with one attached hydrogen (secondary N) is 3. The van der Waals surface area contributed by atoms with Crippen molar-refractivity contribution in [3.8, 4) is 11.1 Å². The molecule has 5 heteroatoms. The van der Waals surface area contributed by atoms with Crippen LogP contribution in [0.5, 0.6) is 0 Å².